The molecule has 0 aliphatic rings. The summed E-state index contributed by atoms with van der Waals surface area (Å²) < 4.78 is 16.4. The summed E-state index contributed by atoms with van der Waals surface area (Å²) in [5, 5.41) is 0. The standard InChI is InChI=1S/C11H17O3P/c1-4-6-10-8-5-7-9(2)11(10)14-15(3,12)13/h5,7-8H,4,6H2,1-3H3,(H,12,13). The minimum absolute atomic E-state index is 0.563. The lowest BCUT2D eigenvalue weighted by atomic mass is 10.1. The van der Waals surface area contributed by atoms with Gasteiger partial charge in [0.2, 0.25) is 0 Å². The lowest BCUT2D eigenvalue weighted by Gasteiger charge is -2.15. The molecular formula is C11H17O3P. The van der Waals surface area contributed by atoms with Gasteiger partial charge in [-0.2, -0.15) is 0 Å². The molecule has 1 N–H and O–H groups in total. The van der Waals surface area contributed by atoms with Gasteiger partial charge in [0.25, 0.3) is 0 Å². The normalized spacial score (nSPS) is 14.7. The van der Waals surface area contributed by atoms with E-state index in [2.05, 4.69) is 6.92 Å². The number of benzene rings is 1. The number of para-hydroxylation sites is 1. The Hall–Kier alpha value is -0.790. The second-order valence-corrected chi connectivity index (χ2v) is 5.50. The molecule has 0 amide bonds. The van der Waals surface area contributed by atoms with Crippen LogP contribution >= 0.6 is 7.60 Å². The van der Waals surface area contributed by atoms with E-state index >= 15 is 0 Å². The molecule has 0 aliphatic heterocycles. The van der Waals surface area contributed by atoms with Crippen molar-refractivity contribution in [2.45, 2.75) is 26.7 Å². The molecule has 1 rings (SSSR count). The van der Waals surface area contributed by atoms with Crippen molar-refractivity contribution in [3.05, 3.63) is 29.3 Å². The van der Waals surface area contributed by atoms with Gasteiger partial charge in [-0.3, -0.25) is 0 Å². The monoisotopic (exact) mass is 228 g/mol. The Bertz CT molecular complexity index is 381. The Kier molecular flexibility index (Phi) is 3.95. The Morgan fingerprint density at radius 3 is 2.67 bits per heavy atom. The first-order valence-corrected chi connectivity index (χ1v) is 7.05. The molecule has 0 saturated heterocycles. The second-order valence-electron chi connectivity index (χ2n) is 3.71. The van der Waals surface area contributed by atoms with Crippen molar-refractivity contribution in [2.24, 2.45) is 0 Å². The van der Waals surface area contributed by atoms with Crippen LogP contribution in [0.2, 0.25) is 0 Å². The van der Waals surface area contributed by atoms with Gasteiger partial charge in [-0.25, -0.2) is 4.57 Å². The van der Waals surface area contributed by atoms with E-state index in [1.165, 1.54) is 6.66 Å². The third-order valence-corrected chi connectivity index (χ3v) is 2.59. The summed E-state index contributed by atoms with van der Waals surface area (Å²) in [6.07, 6.45) is 1.84. The average Bonchev–Trinajstić information content (AvgIpc) is 2.10. The number of aryl methyl sites for hydroxylation is 2. The van der Waals surface area contributed by atoms with Crippen molar-refractivity contribution in [3.63, 3.8) is 0 Å². The highest BCUT2D eigenvalue weighted by Gasteiger charge is 2.16. The third kappa shape index (κ3) is 3.69. The van der Waals surface area contributed by atoms with Crippen molar-refractivity contribution < 1.29 is 14.0 Å². The SMILES string of the molecule is CCCc1cccc(C)c1OP(C)(=O)O. The fraction of sp³-hybridized carbons (Fsp3) is 0.455. The van der Waals surface area contributed by atoms with Crippen LogP contribution in [0.15, 0.2) is 18.2 Å². The van der Waals surface area contributed by atoms with E-state index in [9.17, 15) is 9.46 Å². The molecular weight excluding hydrogens is 211 g/mol. The van der Waals surface area contributed by atoms with Crippen LogP contribution in [0.3, 0.4) is 0 Å². The summed E-state index contributed by atoms with van der Waals surface area (Å²) >= 11 is 0. The van der Waals surface area contributed by atoms with Gasteiger partial charge in [0.15, 0.2) is 0 Å². The zero-order valence-electron chi connectivity index (χ0n) is 9.36. The van der Waals surface area contributed by atoms with E-state index in [1.54, 1.807) is 0 Å². The molecule has 1 unspecified atom stereocenters. The molecule has 4 heteroatoms. The molecule has 84 valence electrons. The molecule has 15 heavy (non-hydrogen) atoms. The maximum absolute atomic E-state index is 11.2. The predicted octanol–water partition coefficient (Wildman–Crippen LogP) is 3.14. The van der Waals surface area contributed by atoms with Gasteiger partial charge >= 0.3 is 7.60 Å². The summed E-state index contributed by atoms with van der Waals surface area (Å²) in [6, 6.07) is 5.75. The van der Waals surface area contributed by atoms with Gasteiger partial charge < -0.3 is 9.42 Å². The van der Waals surface area contributed by atoms with Gasteiger partial charge in [-0.05, 0) is 24.5 Å². The van der Waals surface area contributed by atoms with Crippen LogP contribution in [-0.2, 0) is 11.0 Å². The van der Waals surface area contributed by atoms with E-state index in [0.717, 1.165) is 24.0 Å². The van der Waals surface area contributed by atoms with E-state index in [0.29, 0.717) is 5.75 Å². The minimum atomic E-state index is -3.47. The average molecular weight is 228 g/mol. The quantitative estimate of drug-likeness (QED) is 0.805. The minimum Gasteiger partial charge on any atom is -0.424 e. The van der Waals surface area contributed by atoms with E-state index in [1.807, 2.05) is 25.1 Å². The molecule has 0 heterocycles. The van der Waals surface area contributed by atoms with Crippen LogP contribution in [-0.4, -0.2) is 11.6 Å². The van der Waals surface area contributed by atoms with Crippen LogP contribution in [0.25, 0.3) is 0 Å². The molecule has 1 aromatic rings. The maximum Gasteiger partial charge on any atom is 0.373 e. The van der Waals surface area contributed by atoms with Crippen LogP contribution in [0, 0.1) is 6.92 Å². The summed E-state index contributed by atoms with van der Waals surface area (Å²) in [6.45, 7) is 5.15. The van der Waals surface area contributed by atoms with Crippen LogP contribution in [0.5, 0.6) is 5.75 Å². The Balaban J connectivity index is 3.07. The Labute approximate surface area is 90.6 Å². The highest BCUT2D eigenvalue weighted by atomic mass is 31.2. The molecule has 0 radical (unpaired) electrons. The van der Waals surface area contributed by atoms with Gasteiger partial charge in [0.1, 0.15) is 5.75 Å². The van der Waals surface area contributed by atoms with E-state index in [4.69, 9.17) is 4.52 Å². The molecule has 0 aliphatic carbocycles. The van der Waals surface area contributed by atoms with Crippen LogP contribution in [0.4, 0.5) is 0 Å². The highest BCUT2D eigenvalue weighted by molar-refractivity contribution is 7.52. The van der Waals surface area contributed by atoms with E-state index < -0.39 is 7.60 Å². The Morgan fingerprint density at radius 2 is 2.13 bits per heavy atom. The summed E-state index contributed by atoms with van der Waals surface area (Å²) in [5.41, 5.74) is 1.89. The van der Waals surface area contributed by atoms with Crippen molar-refractivity contribution in [1.29, 1.82) is 0 Å². The van der Waals surface area contributed by atoms with Gasteiger partial charge in [-0.1, -0.05) is 31.5 Å². The molecule has 1 atom stereocenters. The molecule has 1 aromatic carbocycles. The zero-order valence-corrected chi connectivity index (χ0v) is 10.3. The van der Waals surface area contributed by atoms with E-state index in [-0.39, 0.29) is 0 Å². The number of hydrogen-bond acceptors (Lipinski definition) is 2. The predicted molar refractivity (Wildman–Crippen MR) is 61.6 cm³/mol. The van der Waals surface area contributed by atoms with Crippen molar-refractivity contribution in [3.8, 4) is 5.75 Å². The fourth-order valence-corrected chi connectivity index (χ4v) is 2.08. The first-order chi connectivity index (χ1) is 6.94. The topological polar surface area (TPSA) is 46.5 Å². The molecule has 0 saturated carbocycles. The largest absolute Gasteiger partial charge is 0.424 e. The first kappa shape index (κ1) is 12.3. The third-order valence-electron chi connectivity index (χ3n) is 2.07. The molecule has 0 bridgehead atoms. The van der Waals surface area contributed by atoms with Crippen LogP contribution in [0.1, 0.15) is 24.5 Å². The van der Waals surface area contributed by atoms with Crippen LogP contribution < -0.4 is 4.52 Å². The van der Waals surface area contributed by atoms with Crippen molar-refractivity contribution in [1.82, 2.24) is 0 Å². The zero-order chi connectivity index (χ0) is 11.5. The van der Waals surface area contributed by atoms with Gasteiger partial charge in [-0.15, -0.1) is 0 Å². The summed E-state index contributed by atoms with van der Waals surface area (Å²) in [4.78, 5) is 9.22. The molecule has 3 nitrogen and oxygen atoms in total. The Morgan fingerprint density at radius 1 is 1.47 bits per heavy atom. The maximum atomic E-state index is 11.2. The number of hydrogen-bond donors (Lipinski definition) is 1. The molecule has 0 aromatic heterocycles. The second kappa shape index (κ2) is 4.82. The lowest BCUT2D eigenvalue weighted by Crippen LogP contribution is -1.97. The van der Waals surface area contributed by atoms with Crippen molar-refractivity contribution in [2.75, 3.05) is 6.66 Å². The fourth-order valence-electron chi connectivity index (χ4n) is 1.48. The highest BCUT2D eigenvalue weighted by Crippen LogP contribution is 2.41. The summed E-state index contributed by atoms with van der Waals surface area (Å²) in [7, 11) is -3.47. The summed E-state index contributed by atoms with van der Waals surface area (Å²) in [5.74, 6) is 0.563. The van der Waals surface area contributed by atoms with Crippen molar-refractivity contribution >= 4 is 7.60 Å². The molecule has 0 spiro atoms. The first-order valence-electron chi connectivity index (χ1n) is 5.02. The number of rotatable bonds is 4. The van der Waals surface area contributed by atoms with Gasteiger partial charge in [0, 0.05) is 6.66 Å². The van der Waals surface area contributed by atoms with Gasteiger partial charge in [0.05, 0.1) is 0 Å². The smallest absolute Gasteiger partial charge is 0.373 e. The lowest BCUT2D eigenvalue weighted by molar-refractivity contribution is 0.384. The molecule has 0 fully saturated rings.